The van der Waals surface area contributed by atoms with E-state index in [4.69, 9.17) is 9.47 Å². The fourth-order valence-corrected chi connectivity index (χ4v) is 3.42. The van der Waals surface area contributed by atoms with Gasteiger partial charge in [-0.2, -0.15) is 0 Å². The summed E-state index contributed by atoms with van der Waals surface area (Å²) in [4.78, 5) is 12.1. The van der Waals surface area contributed by atoms with Crippen LogP contribution < -0.4 is 19.5 Å². The Morgan fingerprint density at radius 2 is 1.81 bits per heavy atom. The van der Waals surface area contributed by atoms with Crippen molar-refractivity contribution < 1.29 is 22.7 Å². The summed E-state index contributed by atoms with van der Waals surface area (Å²) in [5.74, 6) is 0.832. The quantitative estimate of drug-likeness (QED) is 0.808. The number of hydrogen-bond acceptors (Lipinski definition) is 5. The van der Waals surface area contributed by atoms with Gasteiger partial charge >= 0.3 is 0 Å². The van der Waals surface area contributed by atoms with Gasteiger partial charge in [-0.25, -0.2) is 8.42 Å². The number of rotatable bonds is 6. The van der Waals surface area contributed by atoms with Crippen LogP contribution in [0.1, 0.15) is 30.6 Å². The monoisotopic (exact) mass is 376 g/mol. The van der Waals surface area contributed by atoms with Crippen molar-refractivity contribution in [1.82, 2.24) is 5.32 Å². The number of carbonyl (C=O) groups excluding carboxylic acids is 1. The number of ether oxygens (including phenoxy) is 2. The first-order valence-corrected chi connectivity index (χ1v) is 9.71. The van der Waals surface area contributed by atoms with Gasteiger partial charge in [-0.05, 0) is 49.7 Å². The van der Waals surface area contributed by atoms with E-state index in [0.717, 1.165) is 6.42 Å². The lowest BCUT2D eigenvalue weighted by Gasteiger charge is -2.12. The lowest BCUT2D eigenvalue weighted by Crippen LogP contribution is -2.31. The smallest absolute Gasteiger partial charge is 0.261 e. The molecule has 1 aliphatic heterocycles. The molecule has 2 N–H and O–H groups in total. The summed E-state index contributed by atoms with van der Waals surface area (Å²) in [7, 11) is -3.78. The van der Waals surface area contributed by atoms with Crippen LogP contribution in [0.2, 0.25) is 0 Å². The molecule has 0 bridgehead atoms. The Bertz CT molecular complexity index is 910. The van der Waals surface area contributed by atoms with Crippen LogP contribution in [0.3, 0.4) is 0 Å². The Balaban J connectivity index is 1.74. The number of carbonyl (C=O) groups is 1. The molecule has 1 unspecified atom stereocenters. The number of fused-ring (bicyclic) bond motifs is 1. The molecule has 1 aliphatic rings. The second-order valence-electron chi connectivity index (χ2n) is 5.98. The highest BCUT2D eigenvalue weighted by atomic mass is 32.2. The van der Waals surface area contributed by atoms with Crippen LogP contribution >= 0.6 is 0 Å². The summed E-state index contributed by atoms with van der Waals surface area (Å²) in [6.45, 7) is 4.00. The highest BCUT2D eigenvalue weighted by Gasteiger charge is 2.18. The SMILES string of the molecule is CCC(C)NC(=O)c1ccc(S(=O)(=O)Nc2ccc3c(c2)OCO3)cc1. The fraction of sp³-hybridized carbons (Fsp3) is 0.278. The molecule has 1 heterocycles. The summed E-state index contributed by atoms with van der Waals surface area (Å²) in [6, 6.07) is 10.6. The van der Waals surface area contributed by atoms with Gasteiger partial charge in [0.15, 0.2) is 11.5 Å². The minimum atomic E-state index is -3.78. The van der Waals surface area contributed by atoms with Crippen LogP contribution in [-0.2, 0) is 10.0 Å². The molecule has 8 heteroatoms. The fourth-order valence-electron chi connectivity index (χ4n) is 2.37. The Morgan fingerprint density at radius 1 is 1.12 bits per heavy atom. The van der Waals surface area contributed by atoms with E-state index in [9.17, 15) is 13.2 Å². The van der Waals surface area contributed by atoms with Crippen LogP contribution in [-0.4, -0.2) is 27.2 Å². The zero-order chi connectivity index (χ0) is 18.7. The molecule has 0 saturated heterocycles. The average Bonchev–Trinajstić information content (AvgIpc) is 3.09. The minimum absolute atomic E-state index is 0.0542. The number of sulfonamides is 1. The predicted molar refractivity (Wildman–Crippen MR) is 97.0 cm³/mol. The van der Waals surface area contributed by atoms with E-state index < -0.39 is 10.0 Å². The molecule has 1 atom stereocenters. The maximum Gasteiger partial charge on any atom is 0.261 e. The third-order valence-electron chi connectivity index (χ3n) is 4.04. The van der Waals surface area contributed by atoms with Gasteiger partial charge in [-0.3, -0.25) is 9.52 Å². The van der Waals surface area contributed by atoms with E-state index in [-0.39, 0.29) is 23.6 Å². The zero-order valence-electron chi connectivity index (χ0n) is 14.5. The summed E-state index contributed by atoms with van der Waals surface area (Å²) in [5, 5.41) is 2.84. The Labute approximate surface area is 152 Å². The van der Waals surface area contributed by atoms with Crippen molar-refractivity contribution in [1.29, 1.82) is 0 Å². The molecule has 0 radical (unpaired) electrons. The molecule has 3 rings (SSSR count). The molecule has 138 valence electrons. The second-order valence-corrected chi connectivity index (χ2v) is 7.66. The summed E-state index contributed by atoms with van der Waals surface area (Å²) >= 11 is 0. The van der Waals surface area contributed by atoms with Crippen LogP contribution in [0.5, 0.6) is 11.5 Å². The molecule has 7 nitrogen and oxygen atoms in total. The first-order valence-electron chi connectivity index (χ1n) is 8.22. The topological polar surface area (TPSA) is 93.7 Å². The van der Waals surface area contributed by atoms with E-state index in [1.54, 1.807) is 18.2 Å². The number of benzene rings is 2. The zero-order valence-corrected chi connectivity index (χ0v) is 15.3. The molecule has 26 heavy (non-hydrogen) atoms. The number of nitrogens with one attached hydrogen (secondary N) is 2. The summed E-state index contributed by atoms with van der Waals surface area (Å²) in [6.07, 6.45) is 0.817. The number of anilines is 1. The lowest BCUT2D eigenvalue weighted by molar-refractivity contribution is 0.0939. The lowest BCUT2D eigenvalue weighted by atomic mass is 10.2. The maximum atomic E-state index is 12.5. The molecule has 0 fully saturated rings. The normalized spacial score (nSPS) is 13.9. The van der Waals surface area contributed by atoms with E-state index in [0.29, 0.717) is 22.7 Å². The van der Waals surface area contributed by atoms with Crippen molar-refractivity contribution in [2.24, 2.45) is 0 Å². The first kappa shape index (κ1) is 18.1. The van der Waals surface area contributed by atoms with Crippen molar-refractivity contribution in [3.05, 3.63) is 48.0 Å². The molecule has 0 aliphatic carbocycles. The van der Waals surface area contributed by atoms with Gasteiger partial charge in [-0.1, -0.05) is 6.92 Å². The van der Waals surface area contributed by atoms with E-state index in [1.165, 1.54) is 24.3 Å². The van der Waals surface area contributed by atoms with Gasteiger partial charge in [0.05, 0.1) is 10.6 Å². The molecule has 1 amide bonds. The Kier molecular flexibility index (Phi) is 5.03. The highest BCUT2D eigenvalue weighted by Crippen LogP contribution is 2.34. The average molecular weight is 376 g/mol. The maximum absolute atomic E-state index is 12.5. The molecule has 2 aromatic carbocycles. The van der Waals surface area contributed by atoms with Crippen molar-refractivity contribution in [3.8, 4) is 11.5 Å². The molecular formula is C18H20N2O5S. The molecule has 0 aromatic heterocycles. The standard InChI is InChI=1S/C18H20N2O5S/c1-3-12(2)19-18(21)13-4-7-15(8-5-13)26(22,23)20-14-6-9-16-17(10-14)25-11-24-16/h4-10,12,20H,3,11H2,1-2H3,(H,19,21). The van der Waals surface area contributed by atoms with Crippen molar-refractivity contribution >= 4 is 21.6 Å². The number of hydrogen-bond donors (Lipinski definition) is 2. The summed E-state index contributed by atoms with van der Waals surface area (Å²) in [5.41, 5.74) is 0.778. The Morgan fingerprint density at radius 3 is 2.50 bits per heavy atom. The van der Waals surface area contributed by atoms with Gasteiger partial charge < -0.3 is 14.8 Å². The number of amides is 1. The molecule has 2 aromatic rings. The van der Waals surface area contributed by atoms with E-state index in [2.05, 4.69) is 10.0 Å². The molecular weight excluding hydrogens is 356 g/mol. The van der Waals surface area contributed by atoms with Crippen LogP contribution in [0.15, 0.2) is 47.4 Å². The second kappa shape index (κ2) is 7.25. The largest absolute Gasteiger partial charge is 0.454 e. The minimum Gasteiger partial charge on any atom is -0.454 e. The van der Waals surface area contributed by atoms with Crippen LogP contribution in [0, 0.1) is 0 Å². The van der Waals surface area contributed by atoms with Gasteiger partial charge in [0.1, 0.15) is 0 Å². The predicted octanol–water partition coefficient (Wildman–Crippen LogP) is 2.74. The van der Waals surface area contributed by atoms with Gasteiger partial charge in [-0.15, -0.1) is 0 Å². The van der Waals surface area contributed by atoms with Crippen molar-refractivity contribution in [2.75, 3.05) is 11.5 Å². The van der Waals surface area contributed by atoms with Crippen molar-refractivity contribution in [3.63, 3.8) is 0 Å². The third kappa shape index (κ3) is 3.91. The van der Waals surface area contributed by atoms with Gasteiger partial charge in [0.2, 0.25) is 6.79 Å². The van der Waals surface area contributed by atoms with Gasteiger partial charge in [0, 0.05) is 17.7 Å². The molecule has 0 spiro atoms. The van der Waals surface area contributed by atoms with Crippen LogP contribution in [0.25, 0.3) is 0 Å². The summed E-state index contributed by atoms with van der Waals surface area (Å²) < 4.78 is 38.0. The first-order chi connectivity index (χ1) is 12.4. The molecule has 0 saturated carbocycles. The van der Waals surface area contributed by atoms with Gasteiger partial charge in [0.25, 0.3) is 15.9 Å². The highest BCUT2D eigenvalue weighted by molar-refractivity contribution is 7.92. The third-order valence-corrected chi connectivity index (χ3v) is 5.44. The van der Waals surface area contributed by atoms with Crippen LogP contribution in [0.4, 0.5) is 5.69 Å². The van der Waals surface area contributed by atoms with E-state index >= 15 is 0 Å². The van der Waals surface area contributed by atoms with Crippen molar-refractivity contribution in [2.45, 2.75) is 31.2 Å². The van der Waals surface area contributed by atoms with E-state index in [1.807, 2.05) is 13.8 Å². The Hall–Kier alpha value is -2.74.